The van der Waals surface area contributed by atoms with Gasteiger partial charge in [0.05, 0.1) is 6.20 Å². The molecule has 1 aromatic carbocycles. The summed E-state index contributed by atoms with van der Waals surface area (Å²) in [6.07, 6.45) is 1.64. The fourth-order valence-corrected chi connectivity index (χ4v) is 1.78. The number of nitrogens with one attached hydrogen (secondary N) is 2. The van der Waals surface area contributed by atoms with E-state index in [1.54, 1.807) is 6.20 Å². The van der Waals surface area contributed by atoms with Crippen LogP contribution in [0.4, 0.5) is 11.8 Å². The number of nitrogens with zero attached hydrogens (tertiary/aromatic N) is 3. The molecule has 2 N–H and O–H groups in total. The summed E-state index contributed by atoms with van der Waals surface area (Å²) in [5.74, 6) is 1.86. The number of rotatable bonds is 6. The highest BCUT2D eigenvalue weighted by molar-refractivity contribution is 5.37. The Morgan fingerprint density at radius 3 is 2.80 bits per heavy atom. The first-order valence-corrected chi connectivity index (χ1v) is 6.86. The standard InChI is InChI=1S/C15H21N5/c1-11(2)8-16-14-10-18-20-15(19-14)17-9-13-6-4-5-12(3)7-13/h4-7,10-11H,8-9H2,1-3H3,(H2,16,17,19,20). The molecule has 106 valence electrons. The summed E-state index contributed by atoms with van der Waals surface area (Å²) in [7, 11) is 0. The van der Waals surface area contributed by atoms with Crippen LogP contribution >= 0.6 is 0 Å². The molecule has 0 atom stereocenters. The third kappa shape index (κ3) is 4.50. The maximum absolute atomic E-state index is 4.39. The van der Waals surface area contributed by atoms with Crippen molar-refractivity contribution in [2.45, 2.75) is 27.3 Å². The van der Waals surface area contributed by atoms with E-state index >= 15 is 0 Å². The Bertz CT molecular complexity index is 553. The first-order chi connectivity index (χ1) is 9.63. The minimum atomic E-state index is 0.542. The van der Waals surface area contributed by atoms with Gasteiger partial charge < -0.3 is 10.6 Å². The molecule has 0 saturated heterocycles. The summed E-state index contributed by atoms with van der Waals surface area (Å²) in [4.78, 5) is 4.39. The Balaban J connectivity index is 1.94. The predicted octanol–water partition coefficient (Wildman–Crippen LogP) is 2.86. The number of hydrogen-bond acceptors (Lipinski definition) is 5. The van der Waals surface area contributed by atoms with Crippen molar-refractivity contribution in [3.05, 3.63) is 41.6 Å². The summed E-state index contributed by atoms with van der Waals surface area (Å²) < 4.78 is 0. The summed E-state index contributed by atoms with van der Waals surface area (Å²) in [6.45, 7) is 7.95. The van der Waals surface area contributed by atoms with Gasteiger partial charge in [0, 0.05) is 13.1 Å². The van der Waals surface area contributed by atoms with E-state index in [1.165, 1.54) is 11.1 Å². The van der Waals surface area contributed by atoms with E-state index in [0.717, 1.165) is 12.4 Å². The molecule has 0 bridgehead atoms. The van der Waals surface area contributed by atoms with Gasteiger partial charge in [-0.2, -0.15) is 10.1 Å². The van der Waals surface area contributed by atoms with Gasteiger partial charge in [0.15, 0.2) is 5.82 Å². The lowest BCUT2D eigenvalue weighted by atomic mass is 10.1. The Morgan fingerprint density at radius 2 is 2.05 bits per heavy atom. The predicted molar refractivity (Wildman–Crippen MR) is 81.7 cm³/mol. The highest BCUT2D eigenvalue weighted by Crippen LogP contribution is 2.08. The van der Waals surface area contributed by atoms with Crippen molar-refractivity contribution in [3.63, 3.8) is 0 Å². The molecule has 0 spiro atoms. The van der Waals surface area contributed by atoms with Gasteiger partial charge in [-0.15, -0.1) is 5.10 Å². The van der Waals surface area contributed by atoms with Crippen molar-refractivity contribution >= 4 is 11.8 Å². The van der Waals surface area contributed by atoms with E-state index in [-0.39, 0.29) is 0 Å². The van der Waals surface area contributed by atoms with Crippen molar-refractivity contribution in [3.8, 4) is 0 Å². The molecule has 0 fully saturated rings. The first-order valence-electron chi connectivity index (χ1n) is 6.86. The normalized spacial score (nSPS) is 10.6. The molecule has 2 rings (SSSR count). The SMILES string of the molecule is Cc1cccc(CNc2nncc(NCC(C)C)n2)c1. The maximum atomic E-state index is 4.39. The lowest BCUT2D eigenvalue weighted by Gasteiger charge is -2.09. The molecule has 0 aliphatic heterocycles. The Kier molecular flexibility index (Phi) is 4.87. The molecule has 20 heavy (non-hydrogen) atoms. The molecular weight excluding hydrogens is 250 g/mol. The number of benzene rings is 1. The largest absolute Gasteiger partial charge is 0.368 e. The van der Waals surface area contributed by atoms with Crippen LogP contribution in [0.3, 0.4) is 0 Å². The first kappa shape index (κ1) is 14.2. The van der Waals surface area contributed by atoms with E-state index < -0.39 is 0 Å². The zero-order chi connectivity index (χ0) is 14.4. The van der Waals surface area contributed by atoms with Gasteiger partial charge >= 0.3 is 0 Å². The molecule has 5 nitrogen and oxygen atoms in total. The minimum absolute atomic E-state index is 0.542. The molecule has 0 saturated carbocycles. The molecule has 0 amide bonds. The van der Waals surface area contributed by atoms with Crippen LogP contribution in [0.2, 0.25) is 0 Å². The second-order valence-electron chi connectivity index (χ2n) is 5.28. The van der Waals surface area contributed by atoms with Gasteiger partial charge in [0.25, 0.3) is 0 Å². The summed E-state index contributed by atoms with van der Waals surface area (Å²) in [5, 5.41) is 14.4. The van der Waals surface area contributed by atoms with Crippen LogP contribution in [0.5, 0.6) is 0 Å². The van der Waals surface area contributed by atoms with Gasteiger partial charge in [-0.05, 0) is 18.4 Å². The van der Waals surface area contributed by atoms with Gasteiger partial charge in [0.1, 0.15) is 0 Å². The molecule has 0 unspecified atom stereocenters. The van der Waals surface area contributed by atoms with Crippen LogP contribution < -0.4 is 10.6 Å². The van der Waals surface area contributed by atoms with Gasteiger partial charge in [0.2, 0.25) is 5.95 Å². The quantitative estimate of drug-likeness (QED) is 0.846. The van der Waals surface area contributed by atoms with E-state index in [4.69, 9.17) is 0 Å². The van der Waals surface area contributed by atoms with Crippen LogP contribution in [0, 0.1) is 12.8 Å². The third-order valence-corrected chi connectivity index (χ3v) is 2.78. The van der Waals surface area contributed by atoms with Gasteiger partial charge in [-0.3, -0.25) is 0 Å². The fourth-order valence-electron chi connectivity index (χ4n) is 1.78. The second-order valence-corrected chi connectivity index (χ2v) is 5.28. The number of anilines is 2. The van der Waals surface area contributed by atoms with Crippen molar-refractivity contribution in [2.75, 3.05) is 17.2 Å². The maximum Gasteiger partial charge on any atom is 0.244 e. The molecule has 2 aromatic rings. The molecule has 1 aromatic heterocycles. The van der Waals surface area contributed by atoms with Crippen LogP contribution in [0.25, 0.3) is 0 Å². The van der Waals surface area contributed by atoms with Crippen LogP contribution in [-0.4, -0.2) is 21.7 Å². The van der Waals surface area contributed by atoms with Gasteiger partial charge in [-0.1, -0.05) is 43.7 Å². The summed E-state index contributed by atoms with van der Waals surface area (Å²) in [6, 6.07) is 8.35. The lowest BCUT2D eigenvalue weighted by molar-refractivity contribution is 0.686. The van der Waals surface area contributed by atoms with E-state index in [0.29, 0.717) is 18.4 Å². The van der Waals surface area contributed by atoms with E-state index in [1.807, 2.05) is 6.07 Å². The monoisotopic (exact) mass is 271 g/mol. The molecule has 1 heterocycles. The molecular formula is C15H21N5. The second kappa shape index (κ2) is 6.84. The Hall–Kier alpha value is -2.17. The Morgan fingerprint density at radius 1 is 1.20 bits per heavy atom. The molecule has 0 radical (unpaired) electrons. The average Bonchev–Trinajstić information content (AvgIpc) is 2.43. The van der Waals surface area contributed by atoms with Crippen LogP contribution in [0.1, 0.15) is 25.0 Å². The molecule has 0 aliphatic rings. The number of hydrogen-bond donors (Lipinski definition) is 2. The van der Waals surface area contributed by atoms with E-state index in [2.05, 4.69) is 64.8 Å². The third-order valence-electron chi connectivity index (χ3n) is 2.78. The van der Waals surface area contributed by atoms with Crippen molar-refractivity contribution in [1.29, 1.82) is 0 Å². The highest BCUT2D eigenvalue weighted by Gasteiger charge is 2.01. The van der Waals surface area contributed by atoms with Crippen LogP contribution in [-0.2, 0) is 6.54 Å². The van der Waals surface area contributed by atoms with Gasteiger partial charge in [-0.25, -0.2) is 0 Å². The highest BCUT2D eigenvalue weighted by atomic mass is 15.3. The zero-order valence-electron chi connectivity index (χ0n) is 12.2. The van der Waals surface area contributed by atoms with Crippen molar-refractivity contribution in [1.82, 2.24) is 15.2 Å². The van der Waals surface area contributed by atoms with Crippen molar-refractivity contribution < 1.29 is 0 Å². The fraction of sp³-hybridized carbons (Fsp3) is 0.400. The van der Waals surface area contributed by atoms with Crippen molar-refractivity contribution in [2.24, 2.45) is 5.92 Å². The topological polar surface area (TPSA) is 62.7 Å². The molecule has 0 aliphatic carbocycles. The van der Waals surface area contributed by atoms with E-state index in [9.17, 15) is 0 Å². The lowest BCUT2D eigenvalue weighted by Crippen LogP contribution is -2.11. The minimum Gasteiger partial charge on any atom is -0.368 e. The number of aryl methyl sites for hydroxylation is 1. The smallest absolute Gasteiger partial charge is 0.244 e. The van der Waals surface area contributed by atoms with Crippen LogP contribution in [0.15, 0.2) is 30.5 Å². The zero-order valence-corrected chi connectivity index (χ0v) is 12.2. The Labute approximate surface area is 119 Å². The average molecular weight is 271 g/mol. The molecule has 5 heteroatoms. The summed E-state index contributed by atoms with van der Waals surface area (Å²) in [5.41, 5.74) is 2.45. The summed E-state index contributed by atoms with van der Waals surface area (Å²) >= 11 is 0. The number of aromatic nitrogens is 3.